The van der Waals surface area contributed by atoms with Gasteiger partial charge in [0, 0.05) is 11.8 Å². The van der Waals surface area contributed by atoms with Crippen LogP contribution in [0.2, 0.25) is 0 Å². The van der Waals surface area contributed by atoms with Crippen LogP contribution in [0.4, 0.5) is 0 Å². The maximum Gasteiger partial charge on any atom is 0.0862 e. The van der Waals surface area contributed by atoms with Gasteiger partial charge in [0.1, 0.15) is 0 Å². The van der Waals surface area contributed by atoms with E-state index in [1.807, 2.05) is 13.8 Å². The lowest BCUT2D eigenvalue weighted by Gasteiger charge is -2.30. The molecule has 2 fully saturated rings. The monoisotopic (exact) mass is 188 g/mol. The largest absolute Gasteiger partial charge is 0.390 e. The average molecular weight is 188 g/mol. The molecule has 4 heteroatoms. The van der Waals surface area contributed by atoms with Gasteiger partial charge in [-0.2, -0.15) is 0 Å². The topological polar surface area (TPSA) is 80.9 Å². The zero-order valence-corrected chi connectivity index (χ0v) is 7.75. The highest BCUT2D eigenvalue weighted by molar-refractivity contribution is 5.15. The van der Waals surface area contributed by atoms with Crippen molar-refractivity contribution in [3.05, 3.63) is 0 Å². The molecule has 2 saturated carbocycles. The molecule has 0 amide bonds. The summed E-state index contributed by atoms with van der Waals surface area (Å²) in [6, 6.07) is 0. The molecule has 2 bridgehead atoms. The molecule has 0 saturated heterocycles. The molecule has 13 heavy (non-hydrogen) atoms. The van der Waals surface area contributed by atoms with Crippen molar-refractivity contribution in [1.29, 1.82) is 0 Å². The molecule has 0 aliphatic heterocycles. The second-order valence-corrected chi connectivity index (χ2v) is 4.84. The lowest BCUT2D eigenvalue weighted by atomic mass is 9.81. The van der Waals surface area contributed by atoms with Crippen LogP contribution in [-0.2, 0) is 0 Å². The molecule has 6 atom stereocenters. The van der Waals surface area contributed by atoms with Gasteiger partial charge in [-0.25, -0.2) is 0 Å². The summed E-state index contributed by atoms with van der Waals surface area (Å²) in [6.45, 7) is 3.72. The Bertz CT molecular complexity index is 190. The van der Waals surface area contributed by atoms with Gasteiger partial charge in [-0.15, -0.1) is 0 Å². The summed E-state index contributed by atoms with van der Waals surface area (Å²) in [7, 11) is 0. The van der Waals surface area contributed by atoms with Gasteiger partial charge in [-0.1, -0.05) is 13.8 Å². The third-order valence-corrected chi connectivity index (χ3v) is 3.89. The predicted molar refractivity (Wildman–Crippen MR) is 44.8 cm³/mol. The van der Waals surface area contributed by atoms with Gasteiger partial charge in [0.2, 0.25) is 0 Å². The fraction of sp³-hybridized carbons (Fsp3) is 1.00. The minimum Gasteiger partial charge on any atom is -0.390 e. The zero-order chi connectivity index (χ0) is 9.96. The normalized spacial score (nSPS) is 58.6. The Balaban J connectivity index is 2.40. The second kappa shape index (κ2) is 2.45. The summed E-state index contributed by atoms with van der Waals surface area (Å²) in [6.07, 6.45) is -3.62. The van der Waals surface area contributed by atoms with E-state index in [9.17, 15) is 20.4 Å². The fourth-order valence-corrected chi connectivity index (χ4v) is 3.24. The van der Waals surface area contributed by atoms with E-state index in [1.54, 1.807) is 0 Å². The molecule has 0 heterocycles. The van der Waals surface area contributed by atoms with Crippen LogP contribution in [0.5, 0.6) is 0 Å². The average Bonchev–Trinajstić information content (AvgIpc) is 2.26. The molecular formula is C9H16O4. The Labute approximate surface area is 76.8 Å². The van der Waals surface area contributed by atoms with Crippen LogP contribution in [0.1, 0.15) is 13.8 Å². The molecule has 2 aliphatic rings. The Morgan fingerprint density at radius 3 is 1.08 bits per heavy atom. The Hall–Kier alpha value is -0.160. The predicted octanol–water partition coefficient (Wildman–Crippen LogP) is -1.28. The number of rotatable bonds is 0. The second-order valence-electron chi connectivity index (χ2n) is 4.84. The van der Waals surface area contributed by atoms with Crippen molar-refractivity contribution in [2.75, 3.05) is 0 Å². The van der Waals surface area contributed by atoms with E-state index < -0.39 is 41.7 Å². The number of aliphatic hydroxyl groups excluding tert-OH is 4. The van der Waals surface area contributed by atoms with Crippen molar-refractivity contribution in [2.45, 2.75) is 38.3 Å². The lowest BCUT2D eigenvalue weighted by Crippen LogP contribution is -2.47. The van der Waals surface area contributed by atoms with Crippen LogP contribution in [0.15, 0.2) is 0 Å². The summed E-state index contributed by atoms with van der Waals surface area (Å²) >= 11 is 0. The molecule has 2 aliphatic carbocycles. The van der Waals surface area contributed by atoms with Gasteiger partial charge in [-0.3, -0.25) is 0 Å². The third-order valence-electron chi connectivity index (χ3n) is 3.89. The van der Waals surface area contributed by atoms with Gasteiger partial charge in [0.05, 0.1) is 24.4 Å². The number of hydrogen-bond donors (Lipinski definition) is 4. The summed E-state index contributed by atoms with van der Waals surface area (Å²) in [5, 5.41) is 38.4. The van der Waals surface area contributed by atoms with Crippen molar-refractivity contribution >= 4 is 0 Å². The van der Waals surface area contributed by atoms with Crippen LogP contribution < -0.4 is 0 Å². The van der Waals surface area contributed by atoms with Crippen LogP contribution in [0, 0.1) is 17.3 Å². The molecule has 0 spiro atoms. The van der Waals surface area contributed by atoms with Crippen molar-refractivity contribution < 1.29 is 20.4 Å². The van der Waals surface area contributed by atoms with Crippen LogP contribution in [-0.4, -0.2) is 44.8 Å². The quantitative estimate of drug-likeness (QED) is 0.381. The van der Waals surface area contributed by atoms with Gasteiger partial charge in [0.15, 0.2) is 0 Å². The molecule has 0 aromatic rings. The van der Waals surface area contributed by atoms with Crippen LogP contribution >= 0.6 is 0 Å². The fourth-order valence-electron chi connectivity index (χ4n) is 3.24. The highest BCUT2D eigenvalue weighted by Gasteiger charge is 2.67. The summed E-state index contributed by atoms with van der Waals surface area (Å²) in [5.74, 6) is -0.829. The molecule has 2 rings (SSSR count). The molecule has 0 radical (unpaired) electrons. The van der Waals surface area contributed by atoms with E-state index in [0.29, 0.717) is 0 Å². The molecule has 4 nitrogen and oxygen atoms in total. The number of aliphatic hydroxyl groups is 4. The smallest absolute Gasteiger partial charge is 0.0862 e. The van der Waals surface area contributed by atoms with Crippen molar-refractivity contribution in [3.8, 4) is 0 Å². The maximum atomic E-state index is 9.59. The first-order valence-corrected chi connectivity index (χ1v) is 4.61. The Morgan fingerprint density at radius 1 is 0.692 bits per heavy atom. The van der Waals surface area contributed by atoms with E-state index in [0.717, 1.165) is 0 Å². The van der Waals surface area contributed by atoms with E-state index >= 15 is 0 Å². The first-order valence-electron chi connectivity index (χ1n) is 4.61. The van der Waals surface area contributed by atoms with Crippen LogP contribution in [0.25, 0.3) is 0 Å². The lowest BCUT2D eigenvalue weighted by molar-refractivity contribution is -0.116. The molecule has 2 unspecified atom stereocenters. The highest BCUT2D eigenvalue weighted by Crippen LogP contribution is 2.57. The van der Waals surface area contributed by atoms with E-state index in [1.165, 1.54) is 0 Å². The van der Waals surface area contributed by atoms with Gasteiger partial charge in [0.25, 0.3) is 0 Å². The molecular weight excluding hydrogens is 172 g/mol. The number of fused-ring (bicyclic) bond motifs is 2. The summed E-state index contributed by atoms with van der Waals surface area (Å²) in [5.41, 5.74) is -0.391. The molecule has 4 N–H and O–H groups in total. The number of hydrogen-bond acceptors (Lipinski definition) is 4. The molecule has 0 aromatic heterocycles. The van der Waals surface area contributed by atoms with Gasteiger partial charge in [-0.05, 0) is 5.41 Å². The van der Waals surface area contributed by atoms with Gasteiger partial charge < -0.3 is 20.4 Å². The first-order chi connectivity index (χ1) is 5.89. The van der Waals surface area contributed by atoms with E-state index in [-0.39, 0.29) is 0 Å². The van der Waals surface area contributed by atoms with E-state index in [2.05, 4.69) is 0 Å². The molecule has 0 aromatic carbocycles. The van der Waals surface area contributed by atoms with Crippen LogP contribution in [0.3, 0.4) is 0 Å². The SMILES string of the molecule is CC1(C)C2[C@@H](O)[C@@H](O)C1[C@@H](O)[C@H]2O. The summed E-state index contributed by atoms with van der Waals surface area (Å²) < 4.78 is 0. The van der Waals surface area contributed by atoms with Crippen molar-refractivity contribution in [1.82, 2.24) is 0 Å². The van der Waals surface area contributed by atoms with Crippen molar-refractivity contribution in [3.63, 3.8) is 0 Å². The minimum atomic E-state index is -0.904. The first kappa shape index (κ1) is 9.40. The molecule has 76 valence electrons. The van der Waals surface area contributed by atoms with Gasteiger partial charge >= 0.3 is 0 Å². The highest BCUT2D eigenvalue weighted by atomic mass is 16.4. The maximum absolute atomic E-state index is 9.59. The Morgan fingerprint density at radius 2 is 0.923 bits per heavy atom. The van der Waals surface area contributed by atoms with E-state index in [4.69, 9.17) is 0 Å². The zero-order valence-electron chi connectivity index (χ0n) is 7.75. The standard InChI is InChI=1S/C9H16O4/c1-9(2)3-5(10)7(12)4(9)8(13)6(3)11/h3-8,10-13H,1-2H3/t3?,4?,5-,6+,7+,8-. The third kappa shape index (κ3) is 0.892. The summed E-state index contributed by atoms with van der Waals surface area (Å²) in [4.78, 5) is 0. The Kier molecular flexibility index (Phi) is 1.77. The van der Waals surface area contributed by atoms with Crippen molar-refractivity contribution in [2.24, 2.45) is 17.3 Å². The minimum absolute atomic E-state index is 0.391.